The Hall–Kier alpha value is -0.520. The number of fused-ring (bicyclic) bond motifs is 1. The van der Waals surface area contributed by atoms with Gasteiger partial charge < -0.3 is 9.55 Å². The second-order valence-corrected chi connectivity index (χ2v) is 6.09. The summed E-state index contributed by atoms with van der Waals surface area (Å²) in [6, 6.07) is 3.02. The fourth-order valence-corrected chi connectivity index (χ4v) is 3.10. The fraction of sp³-hybridized carbons (Fsp3) is 0.417. The van der Waals surface area contributed by atoms with Crippen LogP contribution in [0.3, 0.4) is 0 Å². The Morgan fingerprint density at radius 3 is 2.94 bits per heavy atom. The van der Waals surface area contributed by atoms with Crippen molar-refractivity contribution in [1.82, 2.24) is 9.55 Å². The van der Waals surface area contributed by atoms with E-state index in [2.05, 4.69) is 18.2 Å². The third-order valence-electron chi connectivity index (χ3n) is 2.76. The number of halogens is 2. The van der Waals surface area contributed by atoms with Crippen molar-refractivity contribution in [1.29, 1.82) is 0 Å². The third-order valence-corrected chi connectivity index (χ3v) is 4.28. The molecule has 0 aliphatic heterocycles. The number of H-pyrrole nitrogens is 1. The molecule has 2 rings (SSSR count). The smallest absolute Gasteiger partial charge is 0.178 e. The highest BCUT2D eigenvalue weighted by Crippen LogP contribution is 2.23. The van der Waals surface area contributed by atoms with Crippen LogP contribution in [0.15, 0.2) is 12.1 Å². The largest absolute Gasteiger partial charge is 0.331 e. The normalized spacial score (nSPS) is 13.1. The van der Waals surface area contributed by atoms with Gasteiger partial charge in [-0.2, -0.15) is 11.8 Å². The molecule has 0 aliphatic rings. The molecule has 0 radical (unpaired) electrons. The topological polar surface area (TPSA) is 20.7 Å². The molecule has 2 nitrogen and oxygen atoms in total. The minimum atomic E-state index is -0.413. The van der Waals surface area contributed by atoms with Crippen LogP contribution in [0.1, 0.15) is 6.92 Å². The summed E-state index contributed by atoms with van der Waals surface area (Å²) in [4.78, 5) is 3.06. The number of rotatable bonds is 4. The first-order chi connectivity index (χ1) is 8.52. The Balaban J connectivity index is 2.47. The average Bonchev–Trinajstić information content (AvgIpc) is 2.57. The molecule has 1 unspecified atom stereocenters. The van der Waals surface area contributed by atoms with E-state index in [0.29, 0.717) is 10.7 Å². The minimum absolute atomic E-state index is 0.114. The summed E-state index contributed by atoms with van der Waals surface area (Å²) in [5.74, 6) is 1.11. The third kappa shape index (κ3) is 2.73. The van der Waals surface area contributed by atoms with Crippen LogP contribution < -0.4 is 0 Å². The van der Waals surface area contributed by atoms with Crippen molar-refractivity contribution < 1.29 is 4.39 Å². The maximum Gasteiger partial charge on any atom is 0.178 e. The van der Waals surface area contributed by atoms with E-state index in [9.17, 15) is 4.39 Å². The molecule has 6 heteroatoms. The molecule has 2 aromatic rings. The summed E-state index contributed by atoms with van der Waals surface area (Å²) < 4.78 is 16.1. The highest BCUT2D eigenvalue weighted by atomic mass is 35.5. The first kappa shape index (κ1) is 13.9. The lowest BCUT2D eigenvalue weighted by Gasteiger charge is -2.11. The molecule has 0 saturated heterocycles. The Morgan fingerprint density at radius 2 is 2.28 bits per heavy atom. The van der Waals surface area contributed by atoms with Crippen molar-refractivity contribution in [2.24, 2.45) is 5.92 Å². The van der Waals surface area contributed by atoms with Crippen LogP contribution >= 0.6 is 35.6 Å². The van der Waals surface area contributed by atoms with Gasteiger partial charge in [0.25, 0.3) is 0 Å². The lowest BCUT2D eigenvalue weighted by Crippen LogP contribution is -2.09. The first-order valence-corrected chi connectivity index (χ1v) is 7.77. The van der Waals surface area contributed by atoms with Crippen molar-refractivity contribution >= 4 is 46.6 Å². The molecule has 1 N–H and O–H groups in total. The van der Waals surface area contributed by atoms with Crippen molar-refractivity contribution in [2.45, 2.75) is 13.5 Å². The zero-order chi connectivity index (χ0) is 13.3. The minimum Gasteiger partial charge on any atom is -0.331 e. The average molecular weight is 305 g/mol. The van der Waals surface area contributed by atoms with Crippen molar-refractivity contribution in [3.8, 4) is 0 Å². The van der Waals surface area contributed by atoms with Crippen LogP contribution in [-0.2, 0) is 6.54 Å². The fourth-order valence-electron chi connectivity index (χ4n) is 1.98. The number of thioether (sulfide) groups is 1. The molecule has 1 atom stereocenters. The van der Waals surface area contributed by atoms with Gasteiger partial charge in [-0.05, 0) is 36.2 Å². The maximum absolute atomic E-state index is 13.5. The summed E-state index contributed by atoms with van der Waals surface area (Å²) in [7, 11) is 0. The molecule has 0 amide bonds. The van der Waals surface area contributed by atoms with Gasteiger partial charge in [-0.25, -0.2) is 4.39 Å². The SMILES string of the molecule is CSCC(C)Cn1c(=S)[nH]c2cc(Cl)c(F)cc21. The molecule has 18 heavy (non-hydrogen) atoms. The van der Waals surface area contributed by atoms with E-state index < -0.39 is 5.82 Å². The molecule has 1 aromatic heterocycles. The predicted molar refractivity (Wildman–Crippen MR) is 79.6 cm³/mol. The Bertz CT molecular complexity index is 620. The van der Waals surface area contributed by atoms with Gasteiger partial charge >= 0.3 is 0 Å². The van der Waals surface area contributed by atoms with Crippen LogP contribution in [0.2, 0.25) is 5.02 Å². The summed E-state index contributed by atoms with van der Waals surface area (Å²) in [6.45, 7) is 2.93. The first-order valence-electron chi connectivity index (χ1n) is 5.59. The van der Waals surface area contributed by atoms with Crippen molar-refractivity contribution in [3.05, 3.63) is 27.7 Å². The van der Waals surface area contributed by atoms with Gasteiger partial charge in [0.1, 0.15) is 5.82 Å². The van der Waals surface area contributed by atoms with Crippen LogP contribution in [0.25, 0.3) is 11.0 Å². The summed E-state index contributed by atoms with van der Waals surface area (Å²) in [6.07, 6.45) is 2.07. The quantitative estimate of drug-likeness (QED) is 0.840. The monoisotopic (exact) mass is 304 g/mol. The van der Waals surface area contributed by atoms with E-state index >= 15 is 0 Å². The number of hydrogen-bond acceptors (Lipinski definition) is 2. The molecular formula is C12H14ClFN2S2. The van der Waals surface area contributed by atoms with Crippen molar-refractivity contribution in [2.75, 3.05) is 12.0 Å². The predicted octanol–water partition coefficient (Wildman–Crippen LogP) is 4.49. The number of aromatic nitrogens is 2. The second kappa shape index (κ2) is 5.63. The molecule has 0 fully saturated rings. The number of benzene rings is 1. The standard InChI is InChI=1S/C12H14ClFN2S2/c1-7(6-18-2)5-16-11-4-9(14)8(13)3-10(11)15-12(16)17/h3-4,7H,5-6H2,1-2H3,(H,15,17). The zero-order valence-electron chi connectivity index (χ0n) is 10.2. The van der Waals surface area contributed by atoms with Gasteiger partial charge in [0.05, 0.1) is 16.1 Å². The van der Waals surface area contributed by atoms with E-state index in [1.807, 2.05) is 4.57 Å². The van der Waals surface area contributed by atoms with E-state index in [1.165, 1.54) is 6.07 Å². The van der Waals surface area contributed by atoms with Crippen LogP contribution in [0.5, 0.6) is 0 Å². The van der Waals surface area contributed by atoms with Crippen molar-refractivity contribution in [3.63, 3.8) is 0 Å². The Morgan fingerprint density at radius 1 is 1.56 bits per heavy atom. The summed E-state index contributed by atoms with van der Waals surface area (Å²) >= 11 is 12.8. The summed E-state index contributed by atoms with van der Waals surface area (Å²) in [5, 5.41) is 0.114. The molecule has 0 aliphatic carbocycles. The summed E-state index contributed by atoms with van der Waals surface area (Å²) in [5.41, 5.74) is 1.55. The number of nitrogens with one attached hydrogen (secondary N) is 1. The Labute approximate surface area is 120 Å². The van der Waals surface area contributed by atoms with Gasteiger partial charge in [-0.15, -0.1) is 0 Å². The number of nitrogens with zero attached hydrogens (tertiary/aromatic N) is 1. The van der Waals surface area contributed by atoms with Gasteiger partial charge in [0.2, 0.25) is 0 Å². The van der Waals surface area contributed by atoms with E-state index in [4.69, 9.17) is 23.8 Å². The lowest BCUT2D eigenvalue weighted by atomic mass is 10.2. The second-order valence-electron chi connectivity index (χ2n) is 4.38. The van der Waals surface area contributed by atoms with Gasteiger partial charge in [-0.1, -0.05) is 18.5 Å². The molecule has 0 saturated carbocycles. The maximum atomic E-state index is 13.5. The molecule has 0 spiro atoms. The highest BCUT2D eigenvalue weighted by molar-refractivity contribution is 7.98. The van der Waals surface area contributed by atoms with E-state index in [0.717, 1.165) is 23.3 Å². The molecular weight excluding hydrogens is 291 g/mol. The number of hydrogen-bond donors (Lipinski definition) is 1. The van der Waals surface area contributed by atoms with E-state index in [1.54, 1.807) is 17.8 Å². The Kier molecular flexibility index (Phi) is 4.35. The highest BCUT2D eigenvalue weighted by Gasteiger charge is 2.11. The van der Waals surface area contributed by atoms with Crippen LogP contribution in [0.4, 0.5) is 4.39 Å². The zero-order valence-corrected chi connectivity index (χ0v) is 12.6. The number of imidazole rings is 1. The molecule has 1 heterocycles. The van der Waals surface area contributed by atoms with E-state index in [-0.39, 0.29) is 5.02 Å². The number of aromatic amines is 1. The van der Waals surface area contributed by atoms with Gasteiger partial charge in [0.15, 0.2) is 4.77 Å². The molecule has 98 valence electrons. The van der Waals surface area contributed by atoms with Gasteiger partial charge in [-0.3, -0.25) is 0 Å². The lowest BCUT2D eigenvalue weighted by molar-refractivity contribution is 0.536. The van der Waals surface area contributed by atoms with Crippen LogP contribution in [0, 0.1) is 16.5 Å². The molecule has 0 bridgehead atoms. The van der Waals surface area contributed by atoms with Gasteiger partial charge in [0, 0.05) is 12.6 Å². The van der Waals surface area contributed by atoms with Crippen LogP contribution in [-0.4, -0.2) is 21.6 Å². The molecule has 1 aromatic carbocycles.